The Morgan fingerprint density at radius 3 is 2.82 bits per heavy atom. The van der Waals surface area contributed by atoms with Crippen LogP contribution in [0.5, 0.6) is 0 Å². The van der Waals surface area contributed by atoms with Crippen LogP contribution in [0, 0.1) is 0 Å². The lowest BCUT2D eigenvalue weighted by Crippen LogP contribution is -1.93. The van der Waals surface area contributed by atoms with Gasteiger partial charge in [0.25, 0.3) is 0 Å². The number of hydrogen-bond acceptors (Lipinski definition) is 3. The van der Waals surface area contributed by atoms with Gasteiger partial charge in [-0.1, -0.05) is 27.7 Å². The minimum Gasteiger partial charge on any atom is -0.281 e. The molecule has 1 nitrogen and oxygen atoms in total. The Hall–Kier alpha value is 0.265. The minimum atomic E-state index is 0.142. The molecule has 1 rings (SSSR count). The van der Waals surface area contributed by atoms with Gasteiger partial charge in [0.15, 0.2) is 7.85 Å². The highest BCUT2D eigenvalue weighted by Gasteiger charge is 2.08. The fourth-order valence-corrected chi connectivity index (χ4v) is 2.67. The third-order valence-electron chi connectivity index (χ3n) is 1.24. The van der Waals surface area contributed by atoms with Crippen LogP contribution in [-0.4, -0.2) is 19.2 Å². The molecular weight excluding hydrogens is 243 g/mol. The number of halogens is 1. The summed E-state index contributed by atoms with van der Waals surface area (Å²) >= 11 is 6.14. The van der Waals surface area contributed by atoms with Gasteiger partial charge in [0, 0.05) is 4.47 Å². The van der Waals surface area contributed by atoms with Crippen LogP contribution in [0.2, 0.25) is 0 Å². The molecule has 1 aromatic rings. The summed E-state index contributed by atoms with van der Waals surface area (Å²) in [7, 11) is 1.99. The highest BCUT2D eigenvalue weighted by molar-refractivity contribution is 9.10. The number of carbonyl (C=O) groups is 1. The topological polar surface area (TPSA) is 17.1 Å². The highest BCUT2D eigenvalue weighted by Crippen LogP contribution is 2.20. The largest absolute Gasteiger partial charge is 0.281 e. The van der Waals surface area contributed by atoms with Crippen molar-refractivity contribution >= 4 is 56.8 Å². The Balaban J connectivity index is 2.97. The monoisotopic (exact) mass is 248 g/mol. The Morgan fingerprint density at radius 2 is 2.45 bits per heavy atom. The first-order valence-corrected chi connectivity index (χ1v) is 5.83. The Bertz CT molecular complexity index is 265. The van der Waals surface area contributed by atoms with E-state index in [1.807, 2.05) is 13.9 Å². The zero-order valence-corrected chi connectivity index (χ0v) is 9.40. The second-order valence-electron chi connectivity index (χ2n) is 2.01. The van der Waals surface area contributed by atoms with Gasteiger partial charge in [-0.2, -0.15) is 0 Å². The standard InChI is InChI=1S/C6H6BBrOS2/c1-10-6(9)4-2-3(8)5(7)11-4/h2H,7H2,1H3. The average molecular weight is 249 g/mol. The van der Waals surface area contributed by atoms with Crippen molar-refractivity contribution < 1.29 is 4.79 Å². The zero-order chi connectivity index (χ0) is 8.43. The van der Waals surface area contributed by atoms with E-state index in [2.05, 4.69) is 15.9 Å². The second-order valence-corrected chi connectivity index (χ2v) is 4.90. The van der Waals surface area contributed by atoms with Crippen molar-refractivity contribution in [3.05, 3.63) is 15.4 Å². The SMILES string of the molecule is Bc1sc(C(=O)SC)cc1Br. The van der Waals surface area contributed by atoms with Crippen molar-refractivity contribution in [2.24, 2.45) is 0 Å². The van der Waals surface area contributed by atoms with Gasteiger partial charge in [-0.25, -0.2) is 0 Å². The van der Waals surface area contributed by atoms with E-state index in [1.165, 1.54) is 23.1 Å². The predicted octanol–water partition coefficient (Wildman–Crippen LogP) is 1.27. The molecule has 0 amide bonds. The smallest absolute Gasteiger partial charge is 0.229 e. The number of thioether (sulfide) groups is 1. The van der Waals surface area contributed by atoms with Gasteiger partial charge in [0.05, 0.1) is 4.88 Å². The van der Waals surface area contributed by atoms with E-state index in [-0.39, 0.29) is 5.12 Å². The molecule has 5 heteroatoms. The van der Waals surface area contributed by atoms with E-state index >= 15 is 0 Å². The van der Waals surface area contributed by atoms with Gasteiger partial charge < -0.3 is 0 Å². The maximum absolute atomic E-state index is 11.1. The number of hydrogen-bond donors (Lipinski definition) is 0. The normalized spacial score (nSPS) is 10.0. The van der Waals surface area contributed by atoms with Crippen LogP contribution >= 0.6 is 39.0 Å². The van der Waals surface area contributed by atoms with Crippen LogP contribution in [0.25, 0.3) is 0 Å². The fourth-order valence-electron chi connectivity index (χ4n) is 0.661. The maximum atomic E-state index is 11.1. The van der Waals surface area contributed by atoms with Crippen molar-refractivity contribution in [1.82, 2.24) is 0 Å². The molecule has 0 fully saturated rings. The van der Waals surface area contributed by atoms with E-state index in [0.29, 0.717) is 0 Å². The van der Waals surface area contributed by atoms with Gasteiger partial charge in [-0.15, -0.1) is 11.3 Å². The van der Waals surface area contributed by atoms with Crippen molar-refractivity contribution in [3.8, 4) is 0 Å². The van der Waals surface area contributed by atoms with E-state index in [4.69, 9.17) is 0 Å². The van der Waals surface area contributed by atoms with Gasteiger partial charge in [0.2, 0.25) is 5.12 Å². The fraction of sp³-hybridized carbons (Fsp3) is 0.167. The highest BCUT2D eigenvalue weighted by atomic mass is 79.9. The number of thiophene rings is 1. The van der Waals surface area contributed by atoms with Crippen LogP contribution in [-0.2, 0) is 0 Å². The first-order valence-electron chi connectivity index (χ1n) is 2.99. The average Bonchev–Trinajstić information content (AvgIpc) is 2.31. The molecule has 0 aliphatic heterocycles. The van der Waals surface area contributed by atoms with E-state index < -0.39 is 0 Å². The summed E-state index contributed by atoms with van der Waals surface area (Å²) < 4.78 is 2.18. The number of rotatable bonds is 1. The molecule has 0 unspecified atom stereocenters. The van der Waals surface area contributed by atoms with Crippen LogP contribution in [0.4, 0.5) is 0 Å². The van der Waals surface area contributed by atoms with Crippen LogP contribution in [0.1, 0.15) is 9.67 Å². The molecule has 0 N–H and O–H groups in total. The summed E-state index contributed by atoms with van der Waals surface area (Å²) in [4.78, 5) is 12.0. The number of carbonyl (C=O) groups excluding carboxylic acids is 1. The van der Waals surface area contributed by atoms with Crippen LogP contribution in [0.3, 0.4) is 0 Å². The van der Waals surface area contributed by atoms with Gasteiger partial charge in [-0.05, 0) is 17.1 Å². The Morgan fingerprint density at radius 1 is 1.82 bits per heavy atom. The van der Waals surface area contributed by atoms with E-state index in [1.54, 1.807) is 6.26 Å². The van der Waals surface area contributed by atoms with Crippen LogP contribution in [0.15, 0.2) is 10.5 Å². The Kier molecular flexibility index (Phi) is 3.22. The molecule has 58 valence electrons. The first kappa shape index (κ1) is 9.35. The summed E-state index contributed by atoms with van der Waals surface area (Å²) in [5.41, 5.74) is 0. The van der Waals surface area contributed by atoms with Gasteiger partial charge in [0.1, 0.15) is 0 Å². The molecule has 0 aromatic carbocycles. The molecular formula is C6H6BBrOS2. The lowest BCUT2D eigenvalue weighted by molar-refractivity contribution is 0.109. The minimum absolute atomic E-state index is 0.142. The van der Waals surface area contributed by atoms with Gasteiger partial charge in [-0.3, -0.25) is 4.79 Å². The molecule has 1 aromatic heterocycles. The first-order chi connectivity index (χ1) is 5.15. The molecule has 0 spiro atoms. The third kappa shape index (κ3) is 2.10. The molecule has 0 saturated carbocycles. The maximum Gasteiger partial charge on any atom is 0.229 e. The second kappa shape index (κ2) is 3.78. The van der Waals surface area contributed by atoms with Crippen molar-refractivity contribution in [2.75, 3.05) is 6.26 Å². The summed E-state index contributed by atoms with van der Waals surface area (Å²) in [6.07, 6.45) is 1.80. The molecule has 0 saturated heterocycles. The molecule has 0 aliphatic rings. The third-order valence-corrected chi connectivity index (χ3v) is 4.10. The molecule has 0 atom stereocenters. The van der Waals surface area contributed by atoms with E-state index in [0.717, 1.165) is 14.1 Å². The van der Waals surface area contributed by atoms with E-state index in [9.17, 15) is 4.79 Å². The summed E-state index contributed by atoms with van der Waals surface area (Å²) in [6, 6.07) is 1.87. The Labute approximate surface area is 83.1 Å². The van der Waals surface area contributed by atoms with Crippen molar-refractivity contribution in [2.45, 2.75) is 0 Å². The molecule has 11 heavy (non-hydrogen) atoms. The molecule has 0 aliphatic carbocycles. The quantitative estimate of drug-likeness (QED) is 0.697. The molecule has 0 bridgehead atoms. The summed E-state index contributed by atoms with van der Waals surface area (Å²) in [6.45, 7) is 0. The molecule has 0 radical (unpaired) electrons. The van der Waals surface area contributed by atoms with Crippen molar-refractivity contribution in [1.29, 1.82) is 0 Å². The van der Waals surface area contributed by atoms with Crippen molar-refractivity contribution in [3.63, 3.8) is 0 Å². The summed E-state index contributed by atoms with van der Waals surface area (Å²) in [5.74, 6) is 0. The zero-order valence-electron chi connectivity index (χ0n) is 6.18. The summed E-state index contributed by atoms with van der Waals surface area (Å²) in [5, 5.41) is 0.142. The predicted molar refractivity (Wildman–Crippen MR) is 58.0 cm³/mol. The lowest BCUT2D eigenvalue weighted by Gasteiger charge is -1.86. The molecule has 1 heterocycles. The lowest BCUT2D eigenvalue weighted by atomic mass is 10.1. The van der Waals surface area contributed by atoms with Crippen LogP contribution < -0.4 is 4.78 Å². The van der Waals surface area contributed by atoms with Gasteiger partial charge >= 0.3 is 0 Å².